The van der Waals surface area contributed by atoms with Crippen molar-refractivity contribution in [2.45, 2.75) is 46.6 Å². The van der Waals surface area contributed by atoms with E-state index < -0.39 is 0 Å². The Morgan fingerprint density at radius 1 is 1.05 bits per heavy atom. The van der Waals surface area contributed by atoms with Gasteiger partial charge in [-0.3, -0.25) is 0 Å². The quantitative estimate of drug-likeness (QED) is 0.842. The maximum atomic E-state index is 4.70. The minimum absolute atomic E-state index is 0.418. The second-order valence-corrected chi connectivity index (χ2v) is 6.70. The molecule has 2 rings (SSSR count). The van der Waals surface area contributed by atoms with Crippen LogP contribution >= 0.6 is 11.3 Å². The summed E-state index contributed by atoms with van der Waals surface area (Å²) >= 11 is 1.73. The second-order valence-electron chi connectivity index (χ2n) is 5.50. The predicted molar refractivity (Wildman–Crippen MR) is 85.1 cm³/mol. The van der Waals surface area contributed by atoms with Crippen molar-refractivity contribution in [3.05, 3.63) is 34.7 Å². The number of thiazole rings is 1. The van der Waals surface area contributed by atoms with Gasteiger partial charge in [0, 0.05) is 16.5 Å². The molecule has 2 aromatic rings. The van der Waals surface area contributed by atoms with Crippen LogP contribution in [0.1, 0.15) is 44.1 Å². The molecule has 0 atom stereocenters. The van der Waals surface area contributed by atoms with Gasteiger partial charge in [0.25, 0.3) is 0 Å². The van der Waals surface area contributed by atoms with E-state index in [4.69, 9.17) is 4.98 Å². The van der Waals surface area contributed by atoms with E-state index in [9.17, 15) is 0 Å². The number of aromatic nitrogens is 1. The average molecular weight is 274 g/mol. The monoisotopic (exact) mass is 274 g/mol. The SMILES string of the molecule is Cc1sc(NC(C)C)nc1-c1ccc(C(C)C)cc1. The normalized spacial score (nSPS) is 11.3. The smallest absolute Gasteiger partial charge is 0.183 e. The fourth-order valence-corrected chi connectivity index (χ4v) is 2.98. The number of nitrogens with zero attached hydrogens (tertiary/aromatic N) is 1. The molecule has 0 saturated carbocycles. The van der Waals surface area contributed by atoms with Crippen LogP contribution in [0.3, 0.4) is 0 Å². The van der Waals surface area contributed by atoms with Gasteiger partial charge in [-0.25, -0.2) is 4.98 Å². The number of benzene rings is 1. The zero-order valence-corrected chi connectivity index (χ0v) is 13.1. The van der Waals surface area contributed by atoms with Gasteiger partial charge in [-0.15, -0.1) is 11.3 Å². The van der Waals surface area contributed by atoms with Crippen LogP contribution < -0.4 is 5.32 Å². The number of aryl methyl sites for hydroxylation is 1. The number of rotatable bonds is 4. The van der Waals surface area contributed by atoms with Crippen molar-refractivity contribution in [1.29, 1.82) is 0 Å². The zero-order chi connectivity index (χ0) is 14.0. The maximum Gasteiger partial charge on any atom is 0.183 e. The Kier molecular flexibility index (Phi) is 4.25. The molecule has 0 amide bonds. The lowest BCUT2D eigenvalue weighted by molar-refractivity contribution is 0.867. The molecule has 1 aromatic heterocycles. The molecular weight excluding hydrogens is 252 g/mol. The van der Waals surface area contributed by atoms with Crippen LogP contribution in [0.15, 0.2) is 24.3 Å². The van der Waals surface area contributed by atoms with Crippen LogP contribution in [0.25, 0.3) is 11.3 Å². The first-order valence-electron chi connectivity index (χ1n) is 6.81. The molecule has 1 aromatic carbocycles. The van der Waals surface area contributed by atoms with Crippen LogP contribution in [-0.2, 0) is 0 Å². The summed E-state index contributed by atoms with van der Waals surface area (Å²) in [6.45, 7) is 10.8. The lowest BCUT2D eigenvalue weighted by Gasteiger charge is -2.06. The highest BCUT2D eigenvalue weighted by atomic mass is 32.1. The lowest BCUT2D eigenvalue weighted by Crippen LogP contribution is -2.08. The van der Waals surface area contributed by atoms with Crippen molar-refractivity contribution in [1.82, 2.24) is 4.98 Å². The van der Waals surface area contributed by atoms with E-state index in [0.717, 1.165) is 10.8 Å². The fraction of sp³-hybridized carbons (Fsp3) is 0.438. The Hall–Kier alpha value is -1.35. The van der Waals surface area contributed by atoms with E-state index in [-0.39, 0.29) is 0 Å². The molecule has 0 aliphatic carbocycles. The minimum Gasteiger partial charge on any atom is -0.359 e. The van der Waals surface area contributed by atoms with Gasteiger partial charge < -0.3 is 5.32 Å². The van der Waals surface area contributed by atoms with Gasteiger partial charge in [0.1, 0.15) is 0 Å². The predicted octanol–water partition coefficient (Wildman–Crippen LogP) is 5.06. The van der Waals surface area contributed by atoms with Crippen LogP contribution in [-0.4, -0.2) is 11.0 Å². The standard InChI is InChI=1S/C16H22N2S/c1-10(2)13-6-8-14(9-7-13)15-12(5)19-16(18-15)17-11(3)4/h6-11H,1-5H3,(H,17,18). The molecule has 0 bridgehead atoms. The molecular formula is C16H22N2S. The van der Waals surface area contributed by atoms with Gasteiger partial charge in [-0.1, -0.05) is 38.1 Å². The summed E-state index contributed by atoms with van der Waals surface area (Å²) in [4.78, 5) is 5.97. The molecule has 1 N–H and O–H groups in total. The molecule has 102 valence electrons. The first-order chi connectivity index (χ1) is 8.97. The summed E-state index contributed by atoms with van der Waals surface area (Å²) in [5, 5.41) is 4.38. The summed E-state index contributed by atoms with van der Waals surface area (Å²) in [7, 11) is 0. The topological polar surface area (TPSA) is 24.9 Å². The molecule has 2 nitrogen and oxygen atoms in total. The van der Waals surface area contributed by atoms with E-state index in [1.165, 1.54) is 16.0 Å². The van der Waals surface area contributed by atoms with Crippen molar-refractivity contribution >= 4 is 16.5 Å². The third-order valence-corrected chi connectivity index (χ3v) is 3.96. The van der Waals surface area contributed by atoms with Crippen LogP contribution in [0, 0.1) is 6.92 Å². The first-order valence-corrected chi connectivity index (χ1v) is 7.63. The van der Waals surface area contributed by atoms with E-state index >= 15 is 0 Å². The van der Waals surface area contributed by atoms with E-state index in [1.807, 2.05) is 0 Å². The summed E-state index contributed by atoms with van der Waals surface area (Å²) in [5.74, 6) is 0.573. The van der Waals surface area contributed by atoms with Crippen LogP contribution in [0.5, 0.6) is 0 Å². The third kappa shape index (κ3) is 3.35. The minimum atomic E-state index is 0.418. The zero-order valence-electron chi connectivity index (χ0n) is 12.3. The van der Waals surface area contributed by atoms with Gasteiger partial charge in [-0.05, 0) is 32.3 Å². The van der Waals surface area contributed by atoms with Gasteiger partial charge in [0.15, 0.2) is 5.13 Å². The maximum absolute atomic E-state index is 4.70. The molecule has 0 spiro atoms. The van der Waals surface area contributed by atoms with Crippen molar-refractivity contribution < 1.29 is 0 Å². The van der Waals surface area contributed by atoms with Crippen molar-refractivity contribution in [2.75, 3.05) is 5.32 Å². The molecule has 0 saturated heterocycles. The Morgan fingerprint density at radius 3 is 2.21 bits per heavy atom. The molecule has 0 fully saturated rings. The molecule has 0 aliphatic heterocycles. The number of nitrogens with one attached hydrogen (secondary N) is 1. The average Bonchev–Trinajstić information content (AvgIpc) is 2.69. The Morgan fingerprint density at radius 2 is 1.68 bits per heavy atom. The fourth-order valence-electron chi connectivity index (χ4n) is 2.00. The van der Waals surface area contributed by atoms with E-state index in [0.29, 0.717) is 12.0 Å². The van der Waals surface area contributed by atoms with Crippen LogP contribution in [0.2, 0.25) is 0 Å². The van der Waals surface area contributed by atoms with Gasteiger partial charge >= 0.3 is 0 Å². The number of hydrogen-bond acceptors (Lipinski definition) is 3. The Labute approximate surface area is 119 Å². The highest BCUT2D eigenvalue weighted by Crippen LogP contribution is 2.31. The molecule has 1 heterocycles. The Balaban J connectivity index is 2.28. The summed E-state index contributed by atoms with van der Waals surface area (Å²) < 4.78 is 0. The molecule has 0 radical (unpaired) electrons. The van der Waals surface area contributed by atoms with Crippen molar-refractivity contribution in [3.8, 4) is 11.3 Å². The van der Waals surface area contributed by atoms with Gasteiger partial charge in [-0.2, -0.15) is 0 Å². The third-order valence-electron chi connectivity index (χ3n) is 3.06. The van der Waals surface area contributed by atoms with Crippen molar-refractivity contribution in [2.24, 2.45) is 0 Å². The second kappa shape index (κ2) is 5.74. The first kappa shape index (κ1) is 14.1. The highest BCUT2D eigenvalue weighted by Gasteiger charge is 2.10. The molecule has 19 heavy (non-hydrogen) atoms. The van der Waals surface area contributed by atoms with Crippen LogP contribution in [0.4, 0.5) is 5.13 Å². The lowest BCUT2D eigenvalue weighted by atomic mass is 10.0. The molecule has 0 aliphatic rings. The summed E-state index contributed by atoms with van der Waals surface area (Å²) in [6, 6.07) is 9.18. The molecule has 0 unspecified atom stereocenters. The highest BCUT2D eigenvalue weighted by molar-refractivity contribution is 7.16. The van der Waals surface area contributed by atoms with Gasteiger partial charge in [0.05, 0.1) is 5.69 Å². The number of hydrogen-bond donors (Lipinski definition) is 1. The largest absolute Gasteiger partial charge is 0.359 e. The van der Waals surface area contributed by atoms with E-state index in [1.54, 1.807) is 11.3 Å². The van der Waals surface area contributed by atoms with Gasteiger partial charge in [0.2, 0.25) is 0 Å². The summed E-state index contributed by atoms with van der Waals surface area (Å²) in [5.41, 5.74) is 3.68. The van der Waals surface area contributed by atoms with E-state index in [2.05, 4.69) is 64.2 Å². The van der Waals surface area contributed by atoms with Crippen molar-refractivity contribution in [3.63, 3.8) is 0 Å². The Bertz CT molecular complexity index is 538. The molecule has 3 heteroatoms. The summed E-state index contributed by atoms with van der Waals surface area (Å²) in [6.07, 6.45) is 0. The number of anilines is 1.